The molecule has 1 aliphatic rings. The van der Waals surface area contributed by atoms with E-state index in [0.717, 1.165) is 4.90 Å². The van der Waals surface area contributed by atoms with Crippen LogP contribution in [0, 0.1) is 0 Å². The Morgan fingerprint density at radius 3 is 2.69 bits per heavy atom. The van der Waals surface area contributed by atoms with Crippen molar-refractivity contribution in [3.8, 4) is 5.75 Å². The predicted octanol–water partition coefficient (Wildman–Crippen LogP) is 3.22. The summed E-state index contributed by atoms with van der Waals surface area (Å²) in [6, 6.07) is 13.8. The number of amides is 1. The van der Waals surface area contributed by atoms with Crippen LogP contribution in [-0.4, -0.2) is 56.5 Å². The van der Waals surface area contributed by atoms with E-state index >= 15 is 0 Å². The maximum Gasteiger partial charge on any atom is 0.247 e. The molecule has 1 atom stereocenters. The predicted molar refractivity (Wildman–Crippen MR) is 137 cm³/mol. The van der Waals surface area contributed by atoms with Gasteiger partial charge in [-0.05, 0) is 48.5 Å². The summed E-state index contributed by atoms with van der Waals surface area (Å²) in [7, 11) is -2.33. The zero-order chi connectivity index (χ0) is 25.5. The Hall–Kier alpha value is -3.45. The van der Waals surface area contributed by atoms with Crippen molar-refractivity contribution in [3.05, 3.63) is 67.4 Å². The number of hydrogen-bond donors (Lipinski definition) is 3. The third-order valence-corrected chi connectivity index (χ3v) is 8.02. The van der Waals surface area contributed by atoms with Crippen molar-refractivity contribution < 1.29 is 22.7 Å². The van der Waals surface area contributed by atoms with Crippen LogP contribution in [0.25, 0.3) is 0 Å². The molecule has 36 heavy (non-hydrogen) atoms. The van der Waals surface area contributed by atoms with Crippen LogP contribution in [0.3, 0.4) is 0 Å². The summed E-state index contributed by atoms with van der Waals surface area (Å²) < 4.78 is 36.9. The minimum atomic E-state index is -3.75. The van der Waals surface area contributed by atoms with E-state index in [-0.39, 0.29) is 23.1 Å². The number of carbonyl (C=O) groups excluding carboxylic acids is 1. The summed E-state index contributed by atoms with van der Waals surface area (Å²) in [6.07, 6.45) is 2.84. The number of rotatable bonds is 9. The number of hydrogen-bond acceptors (Lipinski definition) is 10. The summed E-state index contributed by atoms with van der Waals surface area (Å²) in [6.45, 7) is 4.59. The van der Waals surface area contributed by atoms with E-state index in [9.17, 15) is 13.2 Å². The van der Waals surface area contributed by atoms with Crippen molar-refractivity contribution >= 4 is 44.8 Å². The van der Waals surface area contributed by atoms with Gasteiger partial charge in [0.15, 0.2) is 5.44 Å². The number of morpholine rings is 1. The molecule has 1 fully saturated rings. The first-order chi connectivity index (χ1) is 17.4. The fourth-order valence-corrected chi connectivity index (χ4v) is 5.72. The van der Waals surface area contributed by atoms with Crippen molar-refractivity contribution in [2.45, 2.75) is 20.3 Å². The highest BCUT2D eigenvalue weighted by Crippen LogP contribution is 2.32. The zero-order valence-corrected chi connectivity index (χ0v) is 21.1. The van der Waals surface area contributed by atoms with Crippen molar-refractivity contribution in [2.24, 2.45) is 0 Å². The fourth-order valence-electron chi connectivity index (χ4n) is 3.37. The standard InChI is InChI=1S/C24H25N5O5S2/c1-3-21(30)27-16-4-7-18(8-5-16)35-22-10-11-26-24(29-22)28-17-6-9-20(19(14-17)33-2)36(31,32)23-15-25-12-13-34-23/h3-11,14,23,25H,1,12-13,15H2,2H3,(H,27,30)(H,26,28,29). The highest BCUT2D eigenvalue weighted by molar-refractivity contribution is 7.99. The molecule has 4 rings (SSSR count). The first-order valence-electron chi connectivity index (χ1n) is 10.9. The van der Waals surface area contributed by atoms with Crippen molar-refractivity contribution in [3.63, 3.8) is 0 Å². The molecular weight excluding hydrogens is 502 g/mol. The lowest BCUT2D eigenvalue weighted by Crippen LogP contribution is -2.43. The number of benzene rings is 2. The number of ether oxygens (including phenoxy) is 2. The van der Waals surface area contributed by atoms with Crippen LogP contribution in [0.4, 0.5) is 17.3 Å². The monoisotopic (exact) mass is 527 g/mol. The number of anilines is 3. The molecule has 10 nitrogen and oxygen atoms in total. The smallest absolute Gasteiger partial charge is 0.247 e. The lowest BCUT2D eigenvalue weighted by atomic mass is 10.3. The van der Waals surface area contributed by atoms with Crippen LogP contribution >= 0.6 is 11.8 Å². The van der Waals surface area contributed by atoms with Gasteiger partial charge in [0.2, 0.25) is 21.7 Å². The van der Waals surface area contributed by atoms with Crippen LogP contribution in [-0.2, 0) is 19.4 Å². The molecule has 188 valence electrons. The highest BCUT2D eigenvalue weighted by Gasteiger charge is 2.32. The minimum absolute atomic E-state index is 0.0576. The van der Waals surface area contributed by atoms with Gasteiger partial charge in [0, 0.05) is 41.6 Å². The second-order valence-electron chi connectivity index (χ2n) is 7.58. The topological polar surface area (TPSA) is 132 Å². The molecule has 3 aromatic rings. The second-order valence-corrected chi connectivity index (χ2v) is 10.7. The van der Waals surface area contributed by atoms with Gasteiger partial charge in [-0.3, -0.25) is 4.79 Å². The molecular formula is C24H25N5O5S2. The van der Waals surface area contributed by atoms with Gasteiger partial charge in [0.05, 0.1) is 13.7 Å². The molecule has 1 amide bonds. The van der Waals surface area contributed by atoms with Crippen LogP contribution in [0.2, 0.25) is 0 Å². The zero-order valence-electron chi connectivity index (χ0n) is 19.4. The molecule has 0 spiro atoms. The third-order valence-electron chi connectivity index (χ3n) is 5.13. The van der Waals surface area contributed by atoms with Gasteiger partial charge < -0.3 is 25.4 Å². The lowest BCUT2D eigenvalue weighted by Gasteiger charge is -2.24. The average molecular weight is 528 g/mol. The van der Waals surface area contributed by atoms with Crippen LogP contribution in [0.5, 0.6) is 5.75 Å². The normalized spacial score (nSPS) is 15.6. The Labute approximate surface area is 213 Å². The molecule has 0 bridgehead atoms. The average Bonchev–Trinajstić information content (AvgIpc) is 2.90. The van der Waals surface area contributed by atoms with Gasteiger partial charge in [0.1, 0.15) is 15.7 Å². The molecule has 1 aromatic heterocycles. The van der Waals surface area contributed by atoms with Gasteiger partial charge in [-0.25, -0.2) is 18.4 Å². The minimum Gasteiger partial charge on any atom is -0.495 e. The molecule has 0 aliphatic carbocycles. The van der Waals surface area contributed by atoms with Gasteiger partial charge in [-0.1, -0.05) is 18.3 Å². The molecule has 1 saturated heterocycles. The van der Waals surface area contributed by atoms with Gasteiger partial charge >= 0.3 is 0 Å². The number of aromatic nitrogens is 2. The van der Waals surface area contributed by atoms with E-state index in [4.69, 9.17) is 9.47 Å². The summed E-state index contributed by atoms with van der Waals surface area (Å²) in [5, 5.41) is 9.52. The molecule has 3 N–H and O–H groups in total. The fraction of sp³-hybridized carbons (Fsp3) is 0.208. The van der Waals surface area contributed by atoms with Crippen molar-refractivity contribution in [1.29, 1.82) is 0 Å². The first-order valence-corrected chi connectivity index (χ1v) is 13.3. The number of methoxy groups -OCH3 is 1. The summed E-state index contributed by atoms with van der Waals surface area (Å²) in [4.78, 5) is 21.2. The number of nitrogens with zero attached hydrogens (tertiary/aromatic N) is 2. The van der Waals surface area contributed by atoms with Crippen molar-refractivity contribution in [1.82, 2.24) is 15.3 Å². The number of nitrogens with one attached hydrogen (secondary N) is 3. The van der Waals surface area contributed by atoms with E-state index in [1.54, 1.807) is 36.5 Å². The molecule has 2 heterocycles. The molecule has 0 saturated carbocycles. The molecule has 1 aliphatic heterocycles. The maximum atomic E-state index is 13.0. The number of carbonyl (C=O) groups is 1. The van der Waals surface area contributed by atoms with Gasteiger partial charge in [0.25, 0.3) is 0 Å². The first kappa shape index (κ1) is 25.6. The molecule has 12 heteroatoms. The summed E-state index contributed by atoms with van der Waals surface area (Å²) >= 11 is 1.43. The Morgan fingerprint density at radius 1 is 1.22 bits per heavy atom. The lowest BCUT2D eigenvalue weighted by molar-refractivity contribution is -0.111. The third kappa shape index (κ3) is 6.21. The SMILES string of the molecule is C=CC(=O)Nc1ccc(Sc2ccnc(Nc3ccc(S(=O)(=O)C4CNCCO4)c(OC)c3)n2)cc1. The van der Waals surface area contributed by atoms with Crippen LogP contribution < -0.4 is 20.7 Å². The summed E-state index contributed by atoms with van der Waals surface area (Å²) in [5.41, 5.74) is 0.265. The largest absolute Gasteiger partial charge is 0.495 e. The van der Waals surface area contributed by atoms with E-state index in [0.29, 0.717) is 35.5 Å². The summed E-state index contributed by atoms with van der Waals surface area (Å²) in [5.74, 6) is 0.263. The number of sulfone groups is 1. The maximum absolute atomic E-state index is 13.0. The Balaban J connectivity index is 1.47. The molecule has 0 radical (unpaired) electrons. The van der Waals surface area contributed by atoms with E-state index in [1.807, 2.05) is 12.1 Å². The van der Waals surface area contributed by atoms with Crippen LogP contribution in [0.15, 0.2) is 82.2 Å². The highest BCUT2D eigenvalue weighted by atomic mass is 32.2. The van der Waals surface area contributed by atoms with Crippen LogP contribution in [0.1, 0.15) is 0 Å². The van der Waals surface area contributed by atoms with Gasteiger partial charge in [-0.2, -0.15) is 0 Å². The second kappa shape index (κ2) is 11.5. The van der Waals surface area contributed by atoms with Crippen molar-refractivity contribution in [2.75, 3.05) is 37.4 Å². The quantitative estimate of drug-likeness (QED) is 0.281. The molecule has 1 unspecified atom stereocenters. The molecule has 2 aromatic carbocycles. The van der Waals surface area contributed by atoms with E-state index in [2.05, 4.69) is 32.5 Å². The van der Waals surface area contributed by atoms with E-state index in [1.165, 1.54) is 31.0 Å². The Kier molecular flexibility index (Phi) is 8.21. The van der Waals surface area contributed by atoms with Gasteiger partial charge in [-0.15, -0.1) is 0 Å². The Morgan fingerprint density at radius 2 is 2.00 bits per heavy atom. The Bertz CT molecular complexity index is 1340. The van der Waals surface area contributed by atoms with E-state index < -0.39 is 15.3 Å².